The second-order valence-corrected chi connectivity index (χ2v) is 3.79. The summed E-state index contributed by atoms with van der Waals surface area (Å²) in [6, 6.07) is 0.407. The molecule has 1 fully saturated rings. The molecule has 0 aromatic heterocycles. The fourth-order valence-corrected chi connectivity index (χ4v) is 1.77. The zero-order valence-electron chi connectivity index (χ0n) is 7.58. The first-order valence-corrected chi connectivity index (χ1v) is 4.05. The third-order valence-electron chi connectivity index (χ3n) is 2.45. The third-order valence-corrected chi connectivity index (χ3v) is 2.45. The fraction of sp³-hybridized carbons (Fsp3) is 1.00. The van der Waals surface area contributed by atoms with Crippen LogP contribution in [0.25, 0.3) is 0 Å². The van der Waals surface area contributed by atoms with Crippen LogP contribution in [-0.4, -0.2) is 31.1 Å². The van der Waals surface area contributed by atoms with Crippen LogP contribution in [0.1, 0.15) is 13.8 Å². The monoisotopic (exact) mass is 178 g/mol. The second kappa shape index (κ2) is 4.29. The van der Waals surface area contributed by atoms with E-state index in [0.717, 1.165) is 12.5 Å². The fourth-order valence-electron chi connectivity index (χ4n) is 1.77. The minimum Gasteiger partial charge on any atom is -0.326 e. The highest BCUT2D eigenvalue weighted by Crippen LogP contribution is 2.21. The first-order chi connectivity index (χ1) is 4.61. The van der Waals surface area contributed by atoms with Crippen molar-refractivity contribution >= 4 is 12.4 Å². The molecule has 68 valence electrons. The molecule has 0 aromatic carbocycles. The zero-order chi connectivity index (χ0) is 7.72. The molecule has 1 aliphatic rings. The molecular formula is C8H19ClN2. The number of hydrogen-bond donors (Lipinski definition) is 1. The topological polar surface area (TPSA) is 29.3 Å². The average Bonchev–Trinajstić information content (AvgIpc) is 2.10. The number of likely N-dealkylation sites (tertiary alicyclic amines) is 1. The van der Waals surface area contributed by atoms with Crippen molar-refractivity contribution in [1.82, 2.24) is 4.90 Å². The van der Waals surface area contributed by atoms with Crippen molar-refractivity contribution in [2.24, 2.45) is 17.6 Å². The Balaban J connectivity index is 0.000001000. The van der Waals surface area contributed by atoms with E-state index < -0.39 is 0 Å². The molecule has 0 saturated carbocycles. The molecule has 1 saturated heterocycles. The molecular weight excluding hydrogens is 160 g/mol. The van der Waals surface area contributed by atoms with Crippen LogP contribution >= 0.6 is 12.4 Å². The Kier molecular flexibility index (Phi) is 4.37. The Hall–Kier alpha value is 0.210. The van der Waals surface area contributed by atoms with Gasteiger partial charge in [0.1, 0.15) is 0 Å². The number of hydrogen-bond acceptors (Lipinski definition) is 2. The van der Waals surface area contributed by atoms with E-state index in [0.29, 0.717) is 12.0 Å². The van der Waals surface area contributed by atoms with Gasteiger partial charge < -0.3 is 10.6 Å². The number of nitrogens with zero attached hydrogens (tertiary/aromatic N) is 1. The van der Waals surface area contributed by atoms with E-state index in [1.807, 2.05) is 0 Å². The molecule has 11 heavy (non-hydrogen) atoms. The van der Waals surface area contributed by atoms with Gasteiger partial charge in [-0.05, 0) is 18.9 Å². The van der Waals surface area contributed by atoms with E-state index in [9.17, 15) is 0 Å². The lowest BCUT2D eigenvalue weighted by molar-refractivity contribution is 0.344. The molecule has 0 bridgehead atoms. The molecule has 0 unspecified atom stereocenters. The smallest absolute Gasteiger partial charge is 0.0211 e. The molecule has 0 radical (unpaired) electrons. The van der Waals surface area contributed by atoms with Gasteiger partial charge in [-0.3, -0.25) is 0 Å². The van der Waals surface area contributed by atoms with Crippen LogP contribution in [-0.2, 0) is 0 Å². The van der Waals surface area contributed by atoms with E-state index in [1.165, 1.54) is 6.54 Å². The van der Waals surface area contributed by atoms with Crippen molar-refractivity contribution < 1.29 is 0 Å². The quantitative estimate of drug-likeness (QED) is 0.648. The molecule has 0 aromatic rings. The van der Waals surface area contributed by atoms with Gasteiger partial charge in [0.2, 0.25) is 0 Å². The van der Waals surface area contributed by atoms with Crippen LogP contribution in [0.2, 0.25) is 0 Å². The third kappa shape index (κ3) is 2.62. The summed E-state index contributed by atoms with van der Waals surface area (Å²) in [6.45, 7) is 6.76. The number of rotatable bonds is 1. The summed E-state index contributed by atoms with van der Waals surface area (Å²) in [5.41, 5.74) is 5.93. The van der Waals surface area contributed by atoms with E-state index in [2.05, 4.69) is 25.8 Å². The minimum absolute atomic E-state index is 0. The molecule has 3 heteroatoms. The molecule has 2 N–H and O–H groups in total. The Bertz CT molecular complexity index is 117. The van der Waals surface area contributed by atoms with Gasteiger partial charge in [-0.25, -0.2) is 0 Å². The van der Waals surface area contributed by atoms with E-state index >= 15 is 0 Å². The van der Waals surface area contributed by atoms with Crippen LogP contribution in [0, 0.1) is 11.8 Å². The summed E-state index contributed by atoms with van der Waals surface area (Å²) < 4.78 is 0. The molecule has 1 aliphatic heterocycles. The van der Waals surface area contributed by atoms with Crippen molar-refractivity contribution in [1.29, 1.82) is 0 Å². The lowest BCUT2D eigenvalue weighted by Crippen LogP contribution is -2.31. The van der Waals surface area contributed by atoms with Gasteiger partial charge in [0.25, 0.3) is 0 Å². The molecule has 1 heterocycles. The van der Waals surface area contributed by atoms with Crippen molar-refractivity contribution in [2.75, 3.05) is 20.1 Å². The predicted octanol–water partition coefficient (Wildman–Crippen LogP) is 0.953. The molecule has 0 amide bonds. The molecule has 0 aliphatic carbocycles. The summed E-state index contributed by atoms with van der Waals surface area (Å²) >= 11 is 0. The van der Waals surface area contributed by atoms with Crippen LogP contribution in [0.3, 0.4) is 0 Å². The Morgan fingerprint density at radius 1 is 1.36 bits per heavy atom. The first kappa shape index (κ1) is 11.2. The van der Waals surface area contributed by atoms with Crippen LogP contribution in [0.15, 0.2) is 0 Å². The maximum atomic E-state index is 5.93. The van der Waals surface area contributed by atoms with Crippen LogP contribution in [0.5, 0.6) is 0 Å². The van der Waals surface area contributed by atoms with Crippen molar-refractivity contribution in [2.45, 2.75) is 19.9 Å². The highest BCUT2D eigenvalue weighted by molar-refractivity contribution is 5.85. The summed E-state index contributed by atoms with van der Waals surface area (Å²) in [7, 11) is 2.14. The Morgan fingerprint density at radius 2 is 1.91 bits per heavy atom. The average molecular weight is 179 g/mol. The van der Waals surface area contributed by atoms with Gasteiger partial charge in [0, 0.05) is 19.1 Å². The summed E-state index contributed by atoms with van der Waals surface area (Å²) in [6.07, 6.45) is 0. The first-order valence-electron chi connectivity index (χ1n) is 4.05. The molecule has 1 rings (SSSR count). The summed E-state index contributed by atoms with van der Waals surface area (Å²) in [5.74, 6) is 1.45. The van der Waals surface area contributed by atoms with Gasteiger partial charge in [-0.2, -0.15) is 0 Å². The van der Waals surface area contributed by atoms with Crippen LogP contribution in [0.4, 0.5) is 0 Å². The lowest BCUT2D eigenvalue weighted by Gasteiger charge is -2.17. The van der Waals surface area contributed by atoms with E-state index in [1.54, 1.807) is 0 Å². The Labute approximate surface area is 75.5 Å². The van der Waals surface area contributed by atoms with E-state index in [-0.39, 0.29) is 12.4 Å². The molecule has 2 nitrogen and oxygen atoms in total. The van der Waals surface area contributed by atoms with Crippen molar-refractivity contribution in [3.63, 3.8) is 0 Å². The summed E-state index contributed by atoms with van der Waals surface area (Å²) in [5, 5.41) is 0. The number of nitrogens with two attached hydrogens (primary N) is 1. The van der Waals surface area contributed by atoms with Gasteiger partial charge >= 0.3 is 0 Å². The zero-order valence-corrected chi connectivity index (χ0v) is 8.40. The normalized spacial score (nSPS) is 32.5. The van der Waals surface area contributed by atoms with Gasteiger partial charge in [-0.1, -0.05) is 13.8 Å². The van der Waals surface area contributed by atoms with Crippen LogP contribution < -0.4 is 5.73 Å². The van der Waals surface area contributed by atoms with Crippen molar-refractivity contribution in [3.05, 3.63) is 0 Å². The second-order valence-electron chi connectivity index (χ2n) is 3.79. The molecule has 0 spiro atoms. The van der Waals surface area contributed by atoms with Crippen molar-refractivity contribution in [3.8, 4) is 0 Å². The standard InChI is InChI=1S/C8H18N2.ClH/c1-6(2)7-4-10(3)5-8(7)9;/h6-8H,4-5,9H2,1-3H3;1H/t7-,8+;/m0./s1. The highest BCUT2D eigenvalue weighted by atomic mass is 35.5. The number of likely N-dealkylation sites (N-methyl/N-ethyl adjacent to an activating group) is 1. The largest absolute Gasteiger partial charge is 0.326 e. The SMILES string of the molecule is CC(C)[C@@H]1CN(C)C[C@H]1N.Cl. The lowest BCUT2D eigenvalue weighted by atomic mass is 9.92. The Morgan fingerprint density at radius 3 is 2.09 bits per heavy atom. The maximum absolute atomic E-state index is 5.93. The predicted molar refractivity (Wildman–Crippen MR) is 51.0 cm³/mol. The number of halogens is 1. The molecule has 2 atom stereocenters. The summed E-state index contributed by atoms with van der Waals surface area (Å²) in [4.78, 5) is 2.31. The highest BCUT2D eigenvalue weighted by Gasteiger charge is 2.29. The minimum atomic E-state index is 0. The van der Waals surface area contributed by atoms with Gasteiger partial charge in [0.15, 0.2) is 0 Å². The van der Waals surface area contributed by atoms with E-state index in [4.69, 9.17) is 5.73 Å². The maximum Gasteiger partial charge on any atom is 0.0211 e. The van der Waals surface area contributed by atoms with Gasteiger partial charge in [0.05, 0.1) is 0 Å². The van der Waals surface area contributed by atoms with Gasteiger partial charge in [-0.15, -0.1) is 12.4 Å².